The lowest BCUT2D eigenvalue weighted by molar-refractivity contribution is -0.450. The summed E-state index contributed by atoms with van der Waals surface area (Å²) in [6, 6.07) is 0. The van der Waals surface area contributed by atoms with E-state index < -0.39 is 17.9 Å². The van der Waals surface area contributed by atoms with Crippen molar-refractivity contribution >= 4 is 11.9 Å². The molecule has 6 nitrogen and oxygen atoms in total. The molecule has 0 amide bonds. The van der Waals surface area contributed by atoms with Gasteiger partial charge >= 0.3 is 17.9 Å². The van der Waals surface area contributed by atoms with Gasteiger partial charge in [0.1, 0.15) is 5.41 Å². The summed E-state index contributed by atoms with van der Waals surface area (Å²) in [4.78, 5) is 21.9. The molecular weight excluding hydrogens is 190 g/mol. The van der Waals surface area contributed by atoms with E-state index in [-0.39, 0.29) is 5.41 Å². The number of carbonyl (C=O) groups is 2. The molecule has 1 unspecified atom stereocenters. The van der Waals surface area contributed by atoms with Crippen molar-refractivity contribution in [2.24, 2.45) is 5.41 Å². The van der Waals surface area contributed by atoms with Crippen LogP contribution < -0.4 is 5.32 Å². The maximum atomic E-state index is 10.9. The summed E-state index contributed by atoms with van der Waals surface area (Å²) in [6.07, 6.45) is 0.785. The minimum absolute atomic E-state index is 0.366. The lowest BCUT2D eigenvalue weighted by Gasteiger charge is -2.49. The Bertz CT molecular complexity index is 304. The zero-order valence-electron chi connectivity index (χ0n) is 7.37. The highest BCUT2D eigenvalue weighted by molar-refractivity contribution is 6.31. The second-order valence-electron chi connectivity index (χ2n) is 3.83. The molecule has 3 heterocycles. The van der Waals surface area contributed by atoms with Crippen LogP contribution in [0.5, 0.6) is 0 Å². The molecule has 0 bridgehead atoms. The number of rotatable bonds is 0. The predicted octanol–water partition coefficient (Wildman–Crippen LogP) is -1.25. The fraction of sp³-hybridized carbons (Fsp3) is 0.750. The number of hydrogen-bond donors (Lipinski definition) is 1. The van der Waals surface area contributed by atoms with E-state index >= 15 is 0 Å². The van der Waals surface area contributed by atoms with Gasteiger partial charge in [-0.25, -0.2) is 9.59 Å². The number of ether oxygens (including phenoxy) is 3. The normalized spacial score (nSPS) is 38.6. The Balaban J connectivity index is 1.91. The smallest absolute Gasteiger partial charge is 0.389 e. The highest BCUT2D eigenvalue weighted by Crippen LogP contribution is 2.52. The van der Waals surface area contributed by atoms with E-state index in [0.717, 1.165) is 13.0 Å². The van der Waals surface area contributed by atoms with E-state index in [1.54, 1.807) is 0 Å². The summed E-state index contributed by atoms with van der Waals surface area (Å²) >= 11 is 0. The van der Waals surface area contributed by atoms with Gasteiger partial charge in [-0.15, -0.1) is 0 Å². The van der Waals surface area contributed by atoms with Crippen LogP contribution in [0, 0.1) is 5.41 Å². The van der Waals surface area contributed by atoms with Gasteiger partial charge in [0.05, 0.1) is 6.61 Å². The number of esters is 2. The molecular formula is C8H9NO5. The lowest BCUT2D eigenvalue weighted by atomic mass is 9.80. The zero-order valence-corrected chi connectivity index (χ0v) is 7.37. The molecule has 76 valence electrons. The second-order valence-corrected chi connectivity index (χ2v) is 3.83. The van der Waals surface area contributed by atoms with E-state index in [2.05, 4.69) is 5.32 Å². The van der Waals surface area contributed by atoms with Crippen LogP contribution in [0.1, 0.15) is 6.42 Å². The fourth-order valence-electron chi connectivity index (χ4n) is 2.15. The summed E-state index contributed by atoms with van der Waals surface area (Å²) < 4.78 is 14.9. The lowest BCUT2D eigenvalue weighted by Crippen LogP contribution is -2.65. The van der Waals surface area contributed by atoms with E-state index in [1.165, 1.54) is 0 Å². The van der Waals surface area contributed by atoms with E-state index in [0.29, 0.717) is 13.2 Å². The third-order valence-electron chi connectivity index (χ3n) is 3.05. The predicted molar refractivity (Wildman–Crippen MR) is 40.8 cm³/mol. The summed E-state index contributed by atoms with van der Waals surface area (Å²) in [7, 11) is 0. The van der Waals surface area contributed by atoms with Crippen LogP contribution in [0.2, 0.25) is 0 Å². The van der Waals surface area contributed by atoms with Gasteiger partial charge < -0.3 is 19.5 Å². The Morgan fingerprint density at radius 3 is 2.36 bits per heavy atom. The second kappa shape index (κ2) is 2.26. The van der Waals surface area contributed by atoms with Crippen molar-refractivity contribution in [2.75, 3.05) is 19.7 Å². The fourth-order valence-corrected chi connectivity index (χ4v) is 2.15. The van der Waals surface area contributed by atoms with Gasteiger partial charge in [-0.3, -0.25) is 0 Å². The minimum atomic E-state index is -1.43. The molecule has 3 aliphatic rings. The summed E-state index contributed by atoms with van der Waals surface area (Å²) in [6.45, 7) is 1.92. The van der Waals surface area contributed by atoms with Crippen molar-refractivity contribution in [1.29, 1.82) is 0 Å². The summed E-state index contributed by atoms with van der Waals surface area (Å²) in [5.41, 5.74) is -0.366. The molecule has 0 aromatic rings. The SMILES string of the molecule is O=C1OC2(OCC23CCNC3)OC1=O. The topological polar surface area (TPSA) is 73.9 Å². The first-order valence-electron chi connectivity index (χ1n) is 4.49. The molecule has 0 radical (unpaired) electrons. The van der Waals surface area contributed by atoms with Crippen molar-refractivity contribution in [2.45, 2.75) is 12.4 Å². The largest absolute Gasteiger partial charge is 0.422 e. The van der Waals surface area contributed by atoms with Crippen LogP contribution in [0.3, 0.4) is 0 Å². The van der Waals surface area contributed by atoms with Crippen molar-refractivity contribution < 1.29 is 23.8 Å². The maximum absolute atomic E-state index is 10.9. The zero-order chi connectivity index (χ0) is 9.81. The molecule has 0 aliphatic carbocycles. The van der Waals surface area contributed by atoms with Crippen LogP contribution in [0.25, 0.3) is 0 Å². The van der Waals surface area contributed by atoms with Crippen molar-refractivity contribution in [3.63, 3.8) is 0 Å². The molecule has 3 aliphatic heterocycles. The Kier molecular flexibility index (Phi) is 1.32. The van der Waals surface area contributed by atoms with Crippen LogP contribution in [0.4, 0.5) is 0 Å². The molecule has 2 spiro atoms. The molecule has 6 heteroatoms. The Hall–Kier alpha value is -1.14. The Labute approximate surface area is 79.5 Å². The Morgan fingerprint density at radius 1 is 1.21 bits per heavy atom. The van der Waals surface area contributed by atoms with Crippen molar-refractivity contribution in [3.8, 4) is 0 Å². The number of hydrogen-bond acceptors (Lipinski definition) is 6. The molecule has 3 fully saturated rings. The van der Waals surface area contributed by atoms with Crippen LogP contribution >= 0.6 is 0 Å². The average molecular weight is 199 g/mol. The molecule has 0 aromatic carbocycles. The van der Waals surface area contributed by atoms with Crippen molar-refractivity contribution in [3.05, 3.63) is 0 Å². The first kappa shape index (κ1) is 8.19. The minimum Gasteiger partial charge on any atom is -0.389 e. The summed E-state index contributed by atoms with van der Waals surface area (Å²) in [5.74, 6) is -3.35. The molecule has 14 heavy (non-hydrogen) atoms. The third kappa shape index (κ3) is 0.737. The Morgan fingerprint density at radius 2 is 1.93 bits per heavy atom. The van der Waals surface area contributed by atoms with Gasteiger partial charge in [0.15, 0.2) is 0 Å². The van der Waals surface area contributed by atoms with Crippen LogP contribution in [-0.4, -0.2) is 37.6 Å². The average Bonchev–Trinajstić information content (AvgIpc) is 2.73. The number of carbonyl (C=O) groups excluding carboxylic acids is 2. The van der Waals surface area contributed by atoms with Gasteiger partial charge in [0.2, 0.25) is 0 Å². The summed E-state index contributed by atoms with van der Waals surface area (Å²) in [5, 5.41) is 3.13. The van der Waals surface area contributed by atoms with E-state index in [4.69, 9.17) is 14.2 Å². The number of nitrogens with one attached hydrogen (secondary N) is 1. The molecule has 1 N–H and O–H groups in total. The van der Waals surface area contributed by atoms with Gasteiger partial charge in [-0.05, 0) is 13.0 Å². The van der Waals surface area contributed by atoms with Crippen LogP contribution in [0.15, 0.2) is 0 Å². The van der Waals surface area contributed by atoms with Crippen LogP contribution in [-0.2, 0) is 23.8 Å². The molecule has 0 aromatic heterocycles. The first-order valence-corrected chi connectivity index (χ1v) is 4.49. The van der Waals surface area contributed by atoms with E-state index in [9.17, 15) is 9.59 Å². The van der Waals surface area contributed by atoms with E-state index in [1.807, 2.05) is 0 Å². The standard InChI is InChI=1S/C8H9NO5/c10-5-6(11)14-8(13-5)7(4-12-8)1-2-9-3-7/h9H,1-4H2. The quantitative estimate of drug-likeness (QED) is 0.388. The first-order chi connectivity index (χ1) is 6.68. The molecule has 3 saturated heterocycles. The monoisotopic (exact) mass is 199 g/mol. The number of fused-ring (bicyclic) bond motifs is 1. The molecule has 0 saturated carbocycles. The highest BCUT2D eigenvalue weighted by Gasteiger charge is 2.72. The maximum Gasteiger partial charge on any atom is 0.422 e. The molecule has 3 rings (SSSR count). The van der Waals surface area contributed by atoms with Gasteiger partial charge in [-0.2, -0.15) is 0 Å². The van der Waals surface area contributed by atoms with Gasteiger partial charge in [0, 0.05) is 6.54 Å². The molecule has 1 atom stereocenters. The van der Waals surface area contributed by atoms with Gasteiger partial charge in [-0.1, -0.05) is 0 Å². The third-order valence-corrected chi connectivity index (χ3v) is 3.05. The van der Waals surface area contributed by atoms with Crippen molar-refractivity contribution in [1.82, 2.24) is 5.32 Å². The highest BCUT2D eigenvalue weighted by atomic mass is 16.9. The van der Waals surface area contributed by atoms with Gasteiger partial charge in [0.25, 0.3) is 0 Å².